The number of carbonyl (C=O) groups is 1. The van der Waals surface area contributed by atoms with Gasteiger partial charge in [-0.05, 0) is 72.6 Å². The Labute approximate surface area is 197 Å². The third-order valence-electron chi connectivity index (χ3n) is 4.78. The molecular weight excluding hydrogens is 466 g/mol. The zero-order chi connectivity index (χ0) is 23.8. The van der Waals surface area contributed by atoms with Crippen molar-refractivity contribution in [3.63, 3.8) is 0 Å². The molecule has 33 heavy (non-hydrogen) atoms. The van der Waals surface area contributed by atoms with E-state index in [1.165, 1.54) is 31.2 Å². The molecule has 0 aliphatic carbocycles. The Morgan fingerprint density at radius 1 is 1.03 bits per heavy atom. The van der Waals surface area contributed by atoms with Gasteiger partial charge in [0.1, 0.15) is 0 Å². The average Bonchev–Trinajstić information content (AvgIpc) is 2.81. The lowest BCUT2D eigenvalue weighted by Gasteiger charge is -2.12. The van der Waals surface area contributed by atoms with E-state index < -0.39 is 21.9 Å². The molecule has 9 heteroatoms. The molecule has 3 aromatic rings. The van der Waals surface area contributed by atoms with Gasteiger partial charge in [-0.2, -0.15) is 0 Å². The minimum atomic E-state index is -3.70. The molecule has 0 bridgehead atoms. The van der Waals surface area contributed by atoms with Crippen LogP contribution >= 0.6 is 11.6 Å². The van der Waals surface area contributed by atoms with Crippen LogP contribution in [0, 0.1) is 0 Å². The smallest absolute Gasteiger partial charge is 0.352 e. The molecule has 2 N–H and O–H groups in total. The summed E-state index contributed by atoms with van der Waals surface area (Å²) in [6, 6.07) is 19.3. The number of hydrogen-bond acceptors (Lipinski definition) is 7. The van der Waals surface area contributed by atoms with Crippen LogP contribution in [0.1, 0.15) is 24.2 Å². The Balaban J connectivity index is 1.53. The van der Waals surface area contributed by atoms with Crippen molar-refractivity contribution in [2.45, 2.75) is 29.2 Å². The van der Waals surface area contributed by atoms with E-state index in [1.807, 2.05) is 6.07 Å². The van der Waals surface area contributed by atoms with Crippen LogP contribution in [-0.4, -0.2) is 32.6 Å². The van der Waals surface area contributed by atoms with Crippen molar-refractivity contribution in [1.29, 1.82) is 0 Å². The van der Waals surface area contributed by atoms with E-state index in [2.05, 4.69) is 10.2 Å². The summed E-state index contributed by atoms with van der Waals surface area (Å²) in [5.74, 6) is -0.397. The summed E-state index contributed by atoms with van der Waals surface area (Å²) in [4.78, 5) is 20.2. The Morgan fingerprint density at radius 2 is 1.67 bits per heavy atom. The van der Waals surface area contributed by atoms with Crippen LogP contribution < -0.4 is 10.2 Å². The van der Waals surface area contributed by atoms with Gasteiger partial charge in [-0.15, -0.1) is 0 Å². The lowest BCUT2D eigenvalue weighted by Crippen LogP contribution is -2.23. The molecule has 0 radical (unpaired) electrons. The minimum Gasteiger partial charge on any atom is -0.387 e. The third-order valence-corrected chi connectivity index (χ3v) is 6.81. The molecule has 0 aliphatic heterocycles. The van der Waals surface area contributed by atoms with E-state index in [0.29, 0.717) is 24.5 Å². The van der Waals surface area contributed by atoms with Crippen molar-refractivity contribution in [1.82, 2.24) is 5.32 Å². The third kappa shape index (κ3) is 7.03. The van der Waals surface area contributed by atoms with Crippen LogP contribution in [0.5, 0.6) is 5.75 Å². The maximum absolute atomic E-state index is 12.8. The zero-order valence-electron chi connectivity index (χ0n) is 17.9. The number of benzene rings is 3. The van der Waals surface area contributed by atoms with Crippen molar-refractivity contribution in [2.75, 3.05) is 13.1 Å². The highest BCUT2D eigenvalue weighted by Gasteiger charge is 2.18. The Kier molecular flexibility index (Phi) is 8.46. The van der Waals surface area contributed by atoms with Crippen LogP contribution in [0.3, 0.4) is 0 Å². The summed E-state index contributed by atoms with van der Waals surface area (Å²) < 4.78 is 25.7. The topological polar surface area (TPSA) is 102 Å². The molecule has 0 aromatic heterocycles. The average molecular weight is 490 g/mol. The molecule has 1 atom stereocenters. The lowest BCUT2D eigenvalue weighted by atomic mass is 10.1. The normalized spacial score (nSPS) is 12.2. The Hall–Kier alpha value is -2.91. The van der Waals surface area contributed by atoms with Gasteiger partial charge in [0.05, 0.1) is 15.9 Å². The van der Waals surface area contributed by atoms with Gasteiger partial charge in [-0.25, -0.2) is 13.2 Å². The fraction of sp³-hybridized carbons (Fsp3) is 0.208. The van der Waals surface area contributed by atoms with E-state index in [1.54, 1.807) is 42.5 Å². The summed E-state index contributed by atoms with van der Waals surface area (Å²) in [5.41, 5.74) is 1.71. The molecule has 0 heterocycles. The maximum atomic E-state index is 12.8. The summed E-state index contributed by atoms with van der Waals surface area (Å²) in [5, 5.41) is 14.0. The fourth-order valence-electron chi connectivity index (χ4n) is 3.06. The fourth-order valence-corrected chi connectivity index (χ4v) is 4.52. The molecule has 174 valence electrons. The summed E-state index contributed by atoms with van der Waals surface area (Å²) in [7, 11) is -3.70. The molecule has 0 aliphatic rings. The van der Waals surface area contributed by atoms with Crippen LogP contribution in [0.4, 0.5) is 0 Å². The van der Waals surface area contributed by atoms with Gasteiger partial charge in [0.25, 0.3) is 0 Å². The highest BCUT2D eigenvalue weighted by Crippen LogP contribution is 2.24. The molecule has 0 amide bonds. The lowest BCUT2D eigenvalue weighted by molar-refractivity contribution is -0.210. The van der Waals surface area contributed by atoms with Gasteiger partial charge >= 0.3 is 5.97 Å². The largest absolute Gasteiger partial charge is 0.387 e. The molecule has 0 saturated carbocycles. The van der Waals surface area contributed by atoms with Crippen LogP contribution in [-0.2, 0) is 25.9 Å². The van der Waals surface area contributed by atoms with Gasteiger partial charge in [-0.1, -0.05) is 35.9 Å². The maximum Gasteiger partial charge on any atom is 0.352 e. The number of sulfone groups is 1. The van der Waals surface area contributed by atoms with E-state index in [9.17, 15) is 18.3 Å². The number of rotatable bonds is 10. The van der Waals surface area contributed by atoms with Crippen molar-refractivity contribution in [2.24, 2.45) is 0 Å². The van der Waals surface area contributed by atoms with E-state index in [0.717, 1.165) is 11.1 Å². The first kappa shape index (κ1) is 24.7. The Morgan fingerprint density at radius 3 is 2.27 bits per heavy atom. The second kappa shape index (κ2) is 11.3. The zero-order valence-corrected chi connectivity index (χ0v) is 19.5. The predicted molar refractivity (Wildman–Crippen MR) is 124 cm³/mol. The number of hydrogen-bond donors (Lipinski definition) is 2. The summed E-state index contributed by atoms with van der Waals surface area (Å²) in [6.45, 7) is 2.19. The van der Waals surface area contributed by atoms with Gasteiger partial charge in [0.15, 0.2) is 5.75 Å². The molecule has 0 unspecified atom stereocenters. The summed E-state index contributed by atoms with van der Waals surface area (Å²) in [6.07, 6.45) is 0.00662. The molecule has 3 rings (SSSR count). The molecular formula is C24H24ClNO6S. The predicted octanol–water partition coefficient (Wildman–Crippen LogP) is 3.90. The van der Waals surface area contributed by atoms with Crippen LogP contribution in [0.2, 0.25) is 5.02 Å². The minimum absolute atomic E-state index is 0.0992. The molecule has 0 saturated heterocycles. The highest BCUT2D eigenvalue weighted by molar-refractivity contribution is 7.91. The SMILES string of the molecule is CC(=O)OOc1ccc(S(=O)(=O)c2ccc(CCNC[C@H](O)c3cccc(Cl)c3)cc2)cc1. The standard InChI is InChI=1S/C24H24ClNO6S/c1-17(27)31-32-21-7-11-23(12-8-21)33(29,30)22-9-5-18(6-10-22)13-14-26-16-24(28)19-3-2-4-20(25)15-19/h2-12,15,24,26,28H,13-14,16H2,1H3/t24-/m0/s1. The van der Waals surface area contributed by atoms with Gasteiger partial charge < -0.3 is 10.4 Å². The first-order chi connectivity index (χ1) is 15.8. The number of nitrogens with one attached hydrogen (secondary N) is 1. The Bertz CT molecular complexity index is 1180. The van der Waals surface area contributed by atoms with E-state index in [-0.39, 0.29) is 15.5 Å². The van der Waals surface area contributed by atoms with Gasteiger partial charge in [0.2, 0.25) is 9.84 Å². The van der Waals surface area contributed by atoms with Crippen molar-refractivity contribution in [3.05, 3.63) is 88.9 Å². The number of aliphatic hydroxyl groups excluding tert-OH is 1. The second-order valence-electron chi connectivity index (χ2n) is 7.30. The van der Waals surface area contributed by atoms with E-state index >= 15 is 0 Å². The highest BCUT2D eigenvalue weighted by atomic mass is 35.5. The first-order valence-corrected chi connectivity index (χ1v) is 12.1. The van der Waals surface area contributed by atoms with Crippen molar-refractivity contribution in [3.8, 4) is 5.75 Å². The number of aliphatic hydroxyl groups is 1. The molecule has 0 fully saturated rings. The molecule has 7 nitrogen and oxygen atoms in total. The van der Waals surface area contributed by atoms with Crippen LogP contribution in [0.25, 0.3) is 0 Å². The number of carbonyl (C=O) groups excluding carboxylic acids is 1. The van der Waals surface area contributed by atoms with Crippen molar-refractivity contribution < 1.29 is 28.1 Å². The van der Waals surface area contributed by atoms with Crippen LogP contribution in [0.15, 0.2) is 82.6 Å². The van der Waals surface area contributed by atoms with Gasteiger partial charge in [-0.3, -0.25) is 9.78 Å². The second-order valence-corrected chi connectivity index (χ2v) is 9.69. The molecule has 3 aromatic carbocycles. The number of halogens is 1. The quantitative estimate of drug-likeness (QED) is 0.253. The monoisotopic (exact) mass is 489 g/mol. The van der Waals surface area contributed by atoms with Crippen molar-refractivity contribution >= 4 is 27.4 Å². The van der Waals surface area contributed by atoms with E-state index in [4.69, 9.17) is 16.5 Å². The first-order valence-electron chi connectivity index (χ1n) is 10.2. The van der Waals surface area contributed by atoms with Gasteiger partial charge in [0, 0.05) is 18.5 Å². The molecule has 0 spiro atoms. The summed E-state index contributed by atoms with van der Waals surface area (Å²) >= 11 is 5.95.